The van der Waals surface area contributed by atoms with E-state index in [1.807, 2.05) is 4.72 Å². The van der Waals surface area contributed by atoms with Gasteiger partial charge < -0.3 is 10.2 Å². The van der Waals surface area contributed by atoms with Crippen LogP contribution in [0.5, 0.6) is 0 Å². The summed E-state index contributed by atoms with van der Waals surface area (Å²) in [5.74, 6) is -1.01. The van der Waals surface area contributed by atoms with Gasteiger partial charge >= 0.3 is 11.8 Å². The number of nitrogens with two attached hydrogens (primary N) is 1. The van der Waals surface area contributed by atoms with Crippen LogP contribution in [0.2, 0.25) is 0 Å². The summed E-state index contributed by atoms with van der Waals surface area (Å²) in [6.45, 7) is 1.80. The highest BCUT2D eigenvalue weighted by Gasteiger charge is 2.22. The van der Waals surface area contributed by atoms with E-state index in [0.29, 0.717) is 10.3 Å². The molecule has 0 radical (unpaired) electrons. The number of aromatic nitrogens is 1. The second-order valence-corrected chi connectivity index (χ2v) is 6.84. The third-order valence-corrected chi connectivity index (χ3v) is 4.70. The molecule has 1 amide bonds. The summed E-state index contributed by atoms with van der Waals surface area (Å²) in [4.78, 5) is 24.0. The van der Waals surface area contributed by atoms with Crippen LogP contribution < -0.4 is 16.2 Å². The van der Waals surface area contributed by atoms with Crippen LogP contribution in [0.15, 0.2) is 56.6 Å². The van der Waals surface area contributed by atoms with Gasteiger partial charge in [-0.3, -0.25) is 0 Å². The number of nitrogens with zero attached hydrogens (tertiary/aromatic N) is 1. The number of nitrogens with one attached hydrogen (secondary N) is 1. The largest absolute Gasteiger partial charge is 0.428 e. The maximum absolute atomic E-state index is 12.3. The van der Waals surface area contributed by atoms with Gasteiger partial charge in [-0.25, -0.2) is 22.7 Å². The predicted molar refractivity (Wildman–Crippen MR) is 87.2 cm³/mol. The number of hydrogen-bond acceptors (Lipinski definition) is 6. The van der Waals surface area contributed by atoms with E-state index in [1.165, 1.54) is 30.3 Å². The standard InChI is InChI=1S/C15H13N3O5S/c1-9-2-5-11(6-3-9)24(21,22)17-14(19)18-12-7-4-10(16)8-13(12)23-15(18)20/h2-8H,16H2,1H3,(H,17,19). The zero-order valence-corrected chi connectivity index (χ0v) is 13.3. The average Bonchev–Trinajstić information content (AvgIpc) is 2.82. The smallest absolute Gasteiger partial charge is 0.407 e. The predicted octanol–water partition coefficient (Wildman–Crippen LogP) is 1.43. The monoisotopic (exact) mass is 347 g/mol. The Labute approximate surface area is 136 Å². The topological polar surface area (TPSA) is 124 Å². The minimum atomic E-state index is -4.12. The first kappa shape index (κ1) is 15.8. The zero-order valence-electron chi connectivity index (χ0n) is 12.5. The number of carbonyl (C=O) groups excluding carboxylic acids is 1. The molecule has 8 nitrogen and oxygen atoms in total. The summed E-state index contributed by atoms with van der Waals surface area (Å²) < 4.78 is 31.9. The number of anilines is 1. The van der Waals surface area contributed by atoms with Crippen LogP contribution in [-0.4, -0.2) is 19.0 Å². The molecule has 0 spiro atoms. The molecular formula is C15H13N3O5S. The van der Waals surface area contributed by atoms with Crippen molar-refractivity contribution >= 4 is 32.8 Å². The summed E-state index contributed by atoms with van der Waals surface area (Å²) in [6.07, 6.45) is 0. The number of amides is 1. The van der Waals surface area contributed by atoms with Crippen molar-refractivity contribution in [2.24, 2.45) is 0 Å². The van der Waals surface area contributed by atoms with Gasteiger partial charge in [-0.2, -0.15) is 4.57 Å². The summed E-state index contributed by atoms with van der Waals surface area (Å²) in [5.41, 5.74) is 7.00. The van der Waals surface area contributed by atoms with Crippen molar-refractivity contribution in [3.8, 4) is 0 Å². The highest BCUT2D eigenvalue weighted by molar-refractivity contribution is 7.90. The van der Waals surface area contributed by atoms with Crippen LogP contribution in [0.3, 0.4) is 0 Å². The number of benzene rings is 2. The van der Waals surface area contributed by atoms with Crippen molar-refractivity contribution in [2.75, 3.05) is 5.73 Å². The first-order valence-corrected chi connectivity index (χ1v) is 8.31. The van der Waals surface area contributed by atoms with Gasteiger partial charge in [0.15, 0.2) is 5.58 Å². The van der Waals surface area contributed by atoms with Gasteiger partial charge in [0, 0.05) is 11.8 Å². The van der Waals surface area contributed by atoms with E-state index in [-0.39, 0.29) is 16.0 Å². The van der Waals surface area contributed by atoms with Gasteiger partial charge in [0.05, 0.1) is 4.90 Å². The molecule has 0 saturated heterocycles. The third-order valence-electron chi connectivity index (χ3n) is 3.36. The average molecular weight is 347 g/mol. The van der Waals surface area contributed by atoms with E-state index in [9.17, 15) is 18.0 Å². The molecule has 0 unspecified atom stereocenters. The highest BCUT2D eigenvalue weighted by Crippen LogP contribution is 2.16. The van der Waals surface area contributed by atoms with Gasteiger partial charge in [0.2, 0.25) is 0 Å². The van der Waals surface area contributed by atoms with E-state index in [0.717, 1.165) is 5.56 Å². The van der Waals surface area contributed by atoms with Crippen molar-refractivity contribution < 1.29 is 17.6 Å². The van der Waals surface area contributed by atoms with Gasteiger partial charge in [0.1, 0.15) is 5.52 Å². The molecule has 9 heteroatoms. The van der Waals surface area contributed by atoms with Crippen LogP contribution >= 0.6 is 0 Å². The minimum absolute atomic E-state index is 0.0860. The SMILES string of the molecule is Cc1ccc(S(=O)(=O)NC(=O)n2c(=O)oc3cc(N)ccc32)cc1. The Balaban J connectivity index is 2.00. The Kier molecular flexibility index (Phi) is 3.64. The Morgan fingerprint density at radius 2 is 1.83 bits per heavy atom. The molecule has 1 aromatic heterocycles. The van der Waals surface area contributed by atoms with E-state index in [2.05, 4.69) is 0 Å². The molecule has 3 rings (SSSR count). The van der Waals surface area contributed by atoms with E-state index >= 15 is 0 Å². The Hall–Kier alpha value is -3.07. The molecule has 0 aliphatic heterocycles. The third kappa shape index (κ3) is 2.76. The lowest BCUT2D eigenvalue weighted by Crippen LogP contribution is -2.38. The molecule has 0 aliphatic carbocycles. The number of fused-ring (bicyclic) bond motifs is 1. The van der Waals surface area contributed by atoms with Crippen molar-refractivity contribution in [3.05, 3.63) is 58.6 Å². The van der Waals surface area contributed by atoms with E-state index < -0.39 is 21.8 Å². The normalized spacial score (nSPS) is 11.5. The fourth-order valence-corrected chi connectivity index (χ4v) is 3.10. The van der Waals surface area contributed by atoms with Crippen LogP contribution in [-0.2, 0) is 10.0 Å². The number of rotatable bonds is 2. The molecule has 0 aliphatic rings. The fourth-order valence-electron chi connectivity index (χ4n) is 2.16. The Morgan fingerprint density at radius 1 is 1.17 bits per heavy atom. The Morgan fingerprint density at radius 3 is 2.50 bits per heavy atom. The number of sulfonamides is 1. The van der Waals surface area contributed by atoms with Crippen LogP contribution in [0.1, 0.15) is 5.56 Å². The Bertz CT molecular complexity index is 1090. The summed E-state index contributed by atoms with van der Waals surface area (Å²) in [6, 6.07) is 9.02. The molecule has 0 saturated carbocycles. The van der Waals surface area contributed by atoms with E-state index in [4.69, 9.17) is 10.2 Å². The van der Waals surface area contributed by atoms with Gasteiger partial charge in [-0.05, 0) is 31.2 Å². The van der Waals surface area contributed by atoms with Crippen LogP contribution in [0, 0.1) is 6.92 Å². The number of carbonyl (C=O) groups is 1. The molecule has 124 valence electrons. The molecular weight excluding hydrogens is 334 g/mol. The van der Waals surface area contributed by atoms with Crippen LogP contribution in [0.4, 0.5) is 10.5 Å². The summed E-state index contributed by atoms with van der Waals surface area (Å²) in [5, 5.41) is 0. The summed E-state index contributed by atoms with van der Waals surface area (Å²) >= 11 is 0. The van der Waals surface area contributed by atoms with Crippen molar-refractivity contribution in [2.45, 2.75) is 11.8 Å². The second-order valence-electron chi connectivity index (χ2n) is 5.15. The first-order valence-electron chi connectivity index (χ1n) is 6.83. The molecule has 0 bridgehead atoms. The van der Waals surface area contributed by atoms with Gasteiger partial charge in [-0.15, -0.1) is 0 Å². The molecule has 3 N–H and O–H groups in total. The minimum Gasteiger partial charge on any atom is -0.407 e. The zero-order chi connectivity index (χ0) is 17.5. The lowest BCUT2D eigenvalue weighted by molar-refractivity contribution is 0.246. The summed E-state index contributed by atoms with van der Waals surface area (Å²) in [7, 11) is -4.12. The van der Waals surface area contributed by atoms with Crippen molar-refractivity contribution in [1.82, 2.24) is 9.29 Å². The number of aryl methyl sites for hydroxylation is 1. The van der Waals surface area contributed by atoms with Gasteiger partial charge in [0.25, 0.3) is 10.0 Å². The molecule has 1 heterocycles. The maximum Gasteiger partial charge on any atom is 0.428 e. The number of oxazole rings is 1. The first-order chi connectivity index (χ1) is 11.3. The number of nitrogen functional groups attached to an aromatic ring is 1. The van der Waals surface area contributed by atoms with Crippen LogP contribution in [0.25, 0.3) is 11.1 Å². The number of hydrogen-bond donors (Lipinski definition) is 2. The molecule has 0 fully saturated rings. The second kappa shape index (κ2) is 5.53. The fraction of sp³-hybridized carbons (Fsp3) is 0.0667. The molecule has 0 atom stereocenters. The maximum atomic E-state index is 12.3. The van der Waals surface area contributed by atoms with Gasteiger partial charge in [-0.1, -0.05) is 17.7 Å². The van der Waals surface area contributed by atoms with Crippen molar-refractivity contribution in [1.29, 1.82) is 0 Å². The molecule has 2 aromatic carbocycles. The van der Waals surface area contributed by atoms with E-state index in [1.54, 1.807) is 19.1 Å². The molecule has 3 aromatic rings. The van der Waals surface area contributed by atoms with Crippen molar-refractivity contribution in [3.63, 3.8) is 0 Å². The lowest BCUT2D eigenvalue weighted by Gasteiger charge is -2.07. The highest BCUT2D eigenvalue weighted by atomic mass is 32.2. The molecule has 24 heavy (non-hydrogen) atoms. The lowest BCUT2D eigenvalue weighted by atomic mass is 10.2. The quantitative estimate of drug-likeness (QED) is 0.676.